The molecule has 2 rings (SSSR count). The van der Waals surface area contributed by atoms with Gasteiger partial charge in [0.2, 0.25) is 0 Å². The first-order valence-electron chi connectivity index (χ1n) is 7.66. The molecule has 23 heavy (non-hydrogen) atoms. The summed E-state index contributed by atoms with van der Waals surface area (Å²) in [5, 5.41) is 6.54. The second-order valence-corrected chi connectivity index (χ2v) is 5.51. The summed E-state index contributed by atoms with van der Waals surface area (Å²) in [4.78, 5) is 6.47. The Morgan fingerprint density at radius 1 is 1.35 bits per heavy atom. The first-order valence-corrected chi connectivity index (χ1v) is 7.66. The van der Waals surface area contributed by atoms with E-state index in [0.29, 0.717) is 0 Å². The number of halogens is 2. The zero-order valence-corrected chi connectivity index (χ0v) is 16.0. The van der Waals surface area contributed by atoms with Crippen LogP contribution in [0.15, 0.2) is 29.3 Å². The third-order valence-electron chi connectivity index (χ3n) is 3.68. The summed E-state index contributed by atoms with van der Waals surface area (Å²) in [7, 11) is 3.85. The fourth-order valence-electron chi connectivity index (χ4n) is 2.40. The molecule has 7 heteroatoms. The molecule has 1 atom stereocenters. The number of benzene rings is 1. The minimum absolute atomic E-state index is 0. The molecule has 0 aromatic heterocycles. The first kappa shape index (κ1) is 20.1. The molecule has 5 nitrogen and oxygen atoms in total. The Bertz CT molecular complexity index is 483. The van der Waals surface area contributed by atoms with Crippen molar-refractivity contribution >= 4 is 29.9 Å². The van der Waals surface area contributed by atoms with Crippen LogP contribution in [0.5, 0.6) is 0 Å². The highest BCUT2D eigenvalue weighted by Crippen LogP contribution is 2.03. The molecule has 0 bridgehead atoms. The summed E-state index contributed by atoms with van der Waals surface area (Å²) < 4.78 is 18.5. The second-order valence-electron chi connectivity index (χ2n) is 5.51. The smallest absolute Gasteiger partial charge is 0.191 e. The molecule has 130 valence electrons. The summed E-state index contributed by atoms with van der Waals surface area (Å²) in [5.41, 5.74) is 1.10. The van der Waals surface area contributed by atoms with E-state index in [0.717, 1.165) is 50.7 Å². The molecule has 1 aromatic carbocycles. The van der Waals surface area contributed by atoms with Crippen molar-refractivity contribution in [3.05, 3.63) is 35.6 Å². The number of hydrogen-bond donors (Lipinski definition) is 2. The number of rotatable bonds is 5. The minimum Gasteiger partial charge on any atom is -0.374 e. The largest absolute Gasteiger partial charge is 0.374 e. The maximum atomic E-state index is 12.8. The lowest BCUT2D eigenvalue weighted by atomic mass is 10.1. The van der Waals surface area contributed by atoms with Crippen molar-refractivity contribution in [1.82, 2.24) is 15.5 Å². The summed E-state index contributed by atoms with van der Waals surface area (Å²) in [6.07, 6.45) is 1.01. The summed E-state index contributed by atoms with van der Waals surface area (Å²) >= 11 is 0. The quantitative estimate of drug-likeness (QED) is 0.417. The molecular weight excluding hydrogens is 410 g/mol. The molecular formula is C16H26FIN4O. The molecule has 1 aliphatic rings. The Morgan fingerprint density at radius 2 is 2.09 bits per heavy atom. The second kappa shape index (κ2) is 10.8. The lowest BCUT2D eigenvalue weighted by Crippen LogP contribution is -2.48. The van der Waals surface area contributed by atoms with Crippen molar-refractivity contribution in [2.75, 3.05) is 46.9 Å². The fourth-order valence-corrected chi connectivity index (χ4v) is 2.40. The lowest BCUT2D eigenvalue weighted by molar-refractivity contribution is -0.0161. The van der Waals surface area contributed by atoms with Gasteiger partial charge in [-0.1, -0.05) is 12.1 Å². The molecule has 0 aliphatic carbocycles. The molecule has 0 spiro atoms. The van der Waals surface area contributed by atoms with Crippen LogP contribution in [0.4, 0.5) is 4.39 Å². The number of nitrogens with zero attached hydrogens (tertiary/aromatic N) is 2. The summed E-state index contributed by atoms with van der Waals surface area (Å²) in [5.74, 6) is 0.561. The van der Waals surface area contributed by atoms with Crippen LogP contribution < -0.4 is 10.6 Å². The standard InChI is InChI=1S/C16H25FN4O.HI/c1-18-16(20-11-15-12-21(2)9-10-22-15)19-8-7-13-3-5-14(17)6-4-13;/h3-6,15H,7-12H2,1-2H3,(H2,18,19,20);1H. The van der Waals surface area contributed by atoms with E-state index in [1.165, 1.54) is 12.1 Å². The van der Waals surface area contributed by atoms with E-state index in [1.54, 1.807) is 19.2 Å². The number of hydrogen-bond acceptors (Lipinski definition) is 3. The number of ether oxygens (including phenoxy) is 1. The molecule has 1 fully saturated rings. The van der Waals surface area contributed by atoms with Crippen LogP contribution in [0, 0.1) is 5.82 Å². The Labute approximate surface area is 154 Å². The molecule has 1 saturated heterocycles. The average molecular weight is 436 g/mol. The number of morpholine rings is 1. The zero-order chi connectivity index (χ0) is 15.8. The maximum Gasteiger partial charge on any atom is 0.191 e. The normalized spacial score (nSPS) is 19.1. The molecule has 1 aliphatic heterocycles. The van der Waals surface area contributed by atoms with Crippen molar-refractivity contribution in [3.8, 4) is 0 Å². The van der Waals surface area contributed by atoms with Gasteiger partial charge in [0.15, 0.2) is 5.96 Å². The fraction of sp³-hybridized carbons (Fsp3) is 0.562. The molecule has 1 heterocycles. The van der Waals surface area contributed by atoms with Crippen LogP contribution >= 0.6 is 24.0 Å². The van der Waals surface area contributed by atoms with Crippen LogP contribution in [-0.4, -0.2) is 63.8 Å². The highest BCUT2D eigenvalue weighted by atomic mass is 127. The van der Waals surface area contributed by atoms with Crippen LogP contribution in [0.25, 0.3) is 0 Å². The highest BCUT2D eigenvalue weighted by molar-refractivity contribution is 14.0. The molecule has 0 radical (unpaired) electrons. The Kier molecular flexibility index (Phi) is 9.42. The molecule has 1 aromatic rings. The van der Waals surface area contributed by atoms with Gasteiger partial charge in [-0.25, -0.2) is 4.39 Å². The van der Waals surface area contributed by atoms with Crippen molar-refractivity contribution in [2.45, 2.75) is 12.5 Å². The average Bonchev–Trinajstić information content (AvgIpc) is 2.52. The molecule has 0 saturated carbocycles. The van der Waals surface area contributed by atoms with Crippen molar-refractivity contribution in [1.29, 1.82) is 0 Å². The monoisotopic (exact) mass is 436 g/mol. The van der Waals surface area contributed by atoms with E-state index in [-0.39, 0.29) is 35.9 Å². The number of nitrogens with one attached hydrogen (secondary N) is 2. The Balaban J connectivity index is 0.00000264. The zero-order valence-electron chi connectivity index (χ0n) is 13.7. The van der Waals surface area contributed by atoms with Gasteiger partial charge in [-0.2, -0.15) is 0 Å². The summed E-state index contributed by atoms with van der Waals surface area (Å²) in [6.45, 7) is 4.18. The number of aliphatic imine (C=N–C) groups is 1. The van der Waals surface area contributed by atoms with Gasteiger partial charge in [0, 0.05) is 33.2 Å². The van der Waals surface area contributed by atoms with Gasteiger partial charge in [0.25, 0.3) is 0 Å². The van der Waals surface area contributed by atoms with Gasteiger partial charge in [-0.15, -0.1) is 24.0 Å². The van der Waals surface area contributed by atoms with Crippen LogP contribution in [-0.2, 0) is 11.2 Å². The Morgan fingerprint density at radius 3 is 2.74 bits per heavy atom. The first-order chi connectivity index (χ1) is 10.7. The molecule has 0 amide bonds. The van der Waals surface area contributed by atoms with Crippen molar-refractivity contribution in [3.63, 3.8) is 0 Å². The number of likely N-dealkylation sites (N-methyl/N-ethyl adjacent to an activating group) is 1. The van der Waals surface area contributed by atoms with Gasteiger partial charge >= 0.3 is 0 Å². The van der Waals surface area contributed by atoms with Gasteiger partial charge in [-0.3, -0.25) is 4.99 Å². The molecule has 2 N–H and O–H groups in total. The SMILES string of the molecule is CN=C(NCCc1ccc(F)cc1)NCC1CN(C)CCO1.I. The topological polar surface area (TPSA) is 48.9 Å². The van der Waals surface area contributed by atoms with E-state index in [4.69, 9.17) is 4.74 Å². The van der Waals surface area contributed by atoms with Gasteiger partial charge < -0.3 is 20.3 Å². The van der Waals surface area contributed by atoms with Crippen LogP contribution in [0.3, 0.4) is 0 Å². The highest BCUT2D eigenvalue weighted by Gasteiger charge is 2.17. The van der Waals surface area contributed by atoms with Gasteiger partial charge in [0.1, 0.15) is 5.82 Å². The summed E-state index contributed by atoms with van der Waals surface area (Å²) in [6, 6.07) is 6.58. The Hall–Kier alpha value is -0.930. The predicted octanol–water partition coefficient (Wildman–Crippen LogP) is 1.48. The van der Waals surface area contributed by atoms with E-state index in [1.807, 2.05) is 0 Å². The van der Waals surface area contributed by atoms with Crippen molar-refractivity contribution in [2.24, 2.45) is 4.99 Å². The number of guanidine groups is 1. The van der Waals surface area contributed by atoms with Crippen LogP contribution in [0.2, 0.25) is 0 Å². The van der Waals surface area contributed by atoms with Gasteiger partial charge in [-0.05, 0) is 31.2 Å². The minimum atomic E-state index is -0.202. The van der Waals surface area contributed by atoms with E-state index in [9.17, 15) is 4.39 Å². The third kappa shape index (κ3) is 7.45. The molecule has 1 unspecified atom stereocenters. The van der Waals surface area contributed by atoms with E-state index in [2.05, 4.69) is 27.6 Å². The lowest BCUT2D eigenvalue weighted by Gasteiger charge is -2.30. The van der Waals surface area contributed by atoms with E-state index >= 15 is 0 Å². The van der Waals surface area contributed by atoms with Crippen molar-refractivity contribution < 1.29 is 9.13 Å². The third-order valence-corrected chi connectivity index (χ3v) is 3.68. The van der Waals surface area contributed by atoms with Crippen LogP contribution in [0.1, 0.15) is 5.56 Å². The predicted molar refractivity (Wildman–Crippen MR) is 102 cm³/mol. The van der Waals surface area contributed by atoms with E-state index < -0.39 is 0 Å². The van der Waals surface area contributed by atoms with Gasteiger partial charge in [0.05, 0.1) is 12.7 Å². The maximum absolute atomic E-state index is 12.8.